The van der Waals surface area contributed by atoms with Gasteiger partial charge in [0.2, 0.25) is 0 Å². The summed E-state index contributed by atoms with van der Waals surface area (Å²) >= 11 is 1.47. The lowest BCUT2D eigenvalue weighted by Gasteiger charge is -2.33. The molecule has 26 heavy (non-hydrogen) atoms. The second kappa shape index (κ2) is 6.84. The number of anilines is 1. The predicted octanol–water partition coefficient (Wildman–Crippen LogP) is 6.89. The van der Waals surface area contributed by atoms with Crippen molar-refractivity contribution in [3.05, 3.63) is 51.2 Å². The summed E-state index contributed by atoms with van der Waals surface area (Å²) in [5.41, 5.74) is 4.58. The summed E-state index contributed by atoms with van der Waals surface area (Å²) < 4.78 is 0. The molecule has 0 radical (unpaired) electrons. The molecule has 0 spiro atoms. The van der Waals surface area contributed by atoms with Crippen molar-refractivity contribution in [2.75, 3.05) is 5.32 Å². The van der Waals surface area contributed by atoms with Crippen LogP contribution >= 0.6 is 11.3 Å². The van der Waals surface area contributed by atoms with Gasteiger partial charge in [0.25, 0.3) is 5.91 Å². The molecule has 2 rings (SSSR count). The molecule has 1 N–H and O–H groups in total. The molecule has 0 fully saturated rings. The predicted molar refractivity (Wildman–Crippen MR) is 115 cm³/mol. The fraction of sp³-hybridized carbons (Fsp3) is 0.522. The van der Waals surface area contributed by atoms with Crippen molar-refractivity contribution in [2.24, 2.45) is 0 Å². The third-order valence-electron chi connectivity index (χ3n) is 4.60. The van der Waals surface area contributed by atoms with Crippen LogP contribution in [0.1, 0.15) is 88.7 Å². The van der Waals surface area contributed by atoms with Crippen molar-refractivity contribution in [3.63, 3.8) is 0 Å². The minimum atomic E-state index is -0.0701. The quantitative estimate of drug-likeness (QED) is 0.611. The van der Waals surface area contributed by atoms with Crippen LogP contribution in [0.3, 0.4) is 0 Å². The van der Waals surface area contributed by atoms with E-state index in [-0.39, 0.29) is 22.2 Å². The summed E-state index contributed by atoms with van der Waals surface area (Å²) in [5, 5.41) is 5.18. The number of carbonyl (C=O) groups is 1. The Balaban J connectivity index is 2.72. The average Bonchev–Trinajstić information content (AvgIpc) is 2.97. The topological polar surface area (TPSA) is 29.1 Å². The van der Waals surface area contributed by atoms with E-state index in [0.717, 1.165) is 10.6 Å². The lowest BCUT2D eigenvalue weighted by molar-refractivity contribution is 0.103. The van der Waals surface area contributed by atoms with Crippen LogP contribution in [0.4, 0.5) is 5.69 Å². The van der Waals surface area contributed by atoms with Gasteiger partial charge in [-0.15, -0.1) is 11.3 Å². The molecule has 2 aromatic rings. The lowest BCUT2D eigenvalue weighted by Crippen LogP contribution is -2.26. The van der Waals surface area contributed by atoms with E-state index in [9.17, 15) is 4.79 Å². The average molecular weight is 372 g/mol. The van der Waals surface area contributed by atoms with Crippen molar-refractivity contribution < 1.29 is 4.79 Å². The summed E-state index contributed by atoms with van der Waals surface area (Å²) in [4.78, 5) is 13.6. The van der Waals surface area contributed by atoms with Crippen LogP contribution in [0.25, 0.3) is 0 Å². The molecule has 1 heterocycles. The highest BCUT2D eigenvalue weighted by molar-refractivity contribution is 7.12. The van der Waals surface area contributed by atoms with E-state index in [4.69, 9.17) is 0 Å². The van der Waals surface area contributed by atoms with Gasteiger partial charge in [0.15, 0.2) is 0 Å². The van der Waals surface area contributed by atoms with E-state index in [1.54, 1.807) is 0 Å². The maximum Gasteiger partial charge on any atom is 0.265 e. The minimum absolute atomic E-state index is 0.0282. The smallest absolute Gasteiger partial charge is 0.265 e. The maximum absolute atomic E-state index is 12.8. The Morgan fingerprint density at radius 2 is 1.35 bits per heavy atom. The molecule has 1 aromatic carbocycles. The third kappa shape index (κ3) is 4.56. The number of nitrogens with one attached hydrogen (secondary N) is 1. The second-order valence-electron chi connectivity index (χ2n) is 10.1. The van der Waals surface area contributed by atoms with Gasteiger partial charge in [-0.1, -0.05) is 80.5 Å². The molecule has 142 valence electrons. The van der Waals surface area contributed by atoms with Crippen LogP contribution in [0.2, 0.25) is 0 Å². The van der Waals surface area contributed by atoms with Crippen molar-refractivity contribution in [2.45, 2.75) is 78.6 Å². The molecule has 2 nitrogen and oxygen atoms in total. The highest BCUT2D eigenvalue weighted by atomic mass is 32.1. The van der Waals surface area contributed by atoms with Crippen LogP contribution in [-0.4, -0.2) is 5.91 Å². The van der Waals surface area contributed by atoms with Gasteiger partial charge in [-0.25, -0.2) is 0 Å². The summed E-state index contributed by atoms with van der Waals surface area (Å²) in [7, 11) is 0. The Hall–Kier alpha value is -1.61. The normalized spacial score (nSPS) is 13.0. The molecule has 0 atom stereocenters. The Morgan fingerprint density at radius 3 is 1.69 bits per heavy atom. The Kier molecular flexibility index (Phi) is 5.45. The van der Waals surface area contributed by atoms with Gasteiger partial charge in [0.1, 0.15) is 0 Å². The summed E-state index contributed by atoms with van der Waals surface area (Å²) in [6.07, 6.45) is 0. The molecule has 0 aliphatic carbocycles. The molecule has 3 heteroatoms. The zero-order valence-electron chi connectivity index (χ0n) is 17.7. The van der Waals surface area contributed by atoms with E-state index in [0.29, 0.717) is 0 Å². The van der Waals surface area contributed by atoms with Gasteiger partial charge >= 0.3 is 0 Å². The van der Waals surface area contributed by atoms with Crippen LogP contribution in [0, 0.1) is 0 Å². The van der Waals surface area contributed by atoms with Crippen LogP contribution in [-0.2, 0) is 16.2 Å². The number of benzene rings is 1. The van der Waals surface area contributed by atoms with Crippen LogP contribution in [0.5, 0.6) is 0 Å². The lowest BCUT2D eigenvalue weighted by atomic mass is 9.74. The van der Waals surface area contributed by atoms with E-state index in [1.807, 2.05) is 17.5 Å². The molecule has 0 saturated heterocycles. The standard InChI is InChI=1S/C23H33NOS/c1-21(2,3)15-13-16(22(4,5)6)19(17(14-15)23(7,8)9)24-20(25)18-11-10-12-26-18/h10-14H,1-9H3,(H,24,25). The first kappa shape index (κ1) is 20.7. The molecule has 0 saturated carbocycles. The minimum Gasteiger partial charge on any atom is -0.321 e. The van der Waals surface area contributed by atoms with Gasteiger partial charge in [-0.05, 0) is 44.4 Å². The fourth-order valence-corrected chi connectivity index (χ4v) is 3.59. The number of hydrogen-bond donors (Lipinski definition) is 1. The monoisotopic (exact) mass is 371 g/mol. The van der Waals surface area contributed by atoms with Gasteiger partial charge in [0.05, 0.1) is 4.88 Å². The van der Waals surface area contributed by atoms with Gasteiger partial charge in [0, 0.05) is 5.69 Å². The zero-order chi connectivity index (χ0) is 19.9. The second-order valence-corrected chi connectivity index (χ2v) is 11.1. The van der Waals surface area contributed by atoms with Crippen LogP contribution in [0.15, 0.2) is 29.6 Å². The molecule has 0 aliphatic heterocycles. The molecule has 1 aromatic heterocycles. The summed E-state index contributed by atoms with van der Waals surface area (Å²) in [6, 6.07) is 8.34. The van der Waals surface area contributed by atoms with Crippen LogP contribution < -0.4 is 5.32 Å². The van der Waals surface area contributed by atoms with Gasteiger partial charge in [-0.3, -0.25) is 4.79 Å². The van der Waals surface area contributed by atoms with E-state index < -0.39 is 0 Å². The largest absolute Gasteiger partial charge is 0.321 e. The fourth-order valence-electron chi connectivity index (χ4n) is 2.98. The van der Waals surface area contributed by atoms with Gasteiger partial charge in [-0.2, -0.15) is 0 Å². The number of amides is 1. The molecular weight excluding hydrogens is 338 g/mol. The molecule has 0 bridgehead atoms. The van der Waals surface area contributed by atoms with E-state index in [1.165, 1.54) is 28.0 Å². The highest BCUT2D eigenvalue weighted by Crippen LogP contribution is 2.41. The first-order chi connectivity index (χ1) is 11.7. The number of rotatable bonds is 2. The van der Waals surface area contributed by atoms with Crippen molar-refractivity contribution in [1.29, 1.82) is 0 Å². The Morgan fingerprint density at radius 1 is 0.846 bits per heavy atom. The first-order valence-corrected chi connectivity index (χ1v) is 10.1. The zero-order valence-corrected chi connectivity index (χ0v) is 18.5. The van der Waals surface area contributed by atoms with Crippen molar-refractivity contribution in [3.8, 4) is 0 Å². The Labute approximate surface area is 163 Å². The molecular formula is C23H33NOS. The maximum atomic E-state index is 12.8. The third-order valence-corrected chi connectivity index (χ3v) is 5.47. The number of carbonyl (C=O) groups excluding carboxylic acids is 1. The molecule has 0 aliphatic rings. The summed E-state index contributed by atoms with van der Waals surface area (Å²) in [5.74, 6) is -0.0282. The SMILES string of the molecule is CC(C)(C)c1cc(C(C)(C)C)c(NC(=O)c2cccs2)c(C(C)(C)C)c1. The first-order valence-electron chi connectivity index (χ1n) is 9.25. The molecule has 0 unspecified atom stereocenters. The van der Waals surface area contributed by atoms with Gasteiger partial charge < -0.3 is 5.32 Å². The summed E-state index contributed by atoms with van der Waals surface area (Å²) in [6.45, 7) is 20.0. The Bertz CT molecular complexity index is 746. The van der Waals surface area contributed by atoms with Crippen molar-refractivity contribution >= 4 is 22.9 Å². The highest BCUT2D eigenvalue weighted by Gasteiger charge is 2.30. The van der Waals surface area contributed by atoms with Crippen molar-refractivity contribution in [1.82, 2.24) is 0 Å². The van der Waals surface area contributed by atoms with E-state index >= 15 is 0 Å². The van der Waals surface area contributed by atoms with E-state index in [2.05, 4.69) is 79.8 Å². The molecule has 1 amide bonds. The number of thiophene rings is 1. The number of hydrogen-bond acceptors (Lipinski definition) is 2.